The Morgan fingerprint density at radius 1 is 1.12 bits per heavy atom. The van der Waals surface area contributed by atoms with Gasteiger partial charge < -0.3 is 35.1 Å². The van der Waals surface area contributed by atoms with Crippen molar-refractivity contribution in [2.45, 2.75) is 78.5 Å². The van der Waals surface area contributed by atoms with Crippen LogP contribution in [0.2, 0.25) is 0 Å². The van der Waals surface area contributed by atoms with Crippen molar-refractivity contribution in [3.63, 3.8) is 0 Å². The second-order valence-electron chi connectivity index (χ2n) is 12.8. The first-order valence-electron chi connectivity index (χ1n) is 13.7. The monoisotopic (exact) mass is 557 g/mol. The average molecular weight is 557 g/mol. The van der Waals surface area contributed by atoms with E-state index in [2.05, 4.69) is 31.4 Å². The normalized spacial score (nSPS) is 27.1. The molecule has 4 N–H and O–H groups in total. The van der Waals surface area contributed by atoms with Gasteiger partial charge in [-0.1, -0.05) is 32.0 Å². The molecule has 1 heterocycles. The number of primary amides is 1. The summed E-state index contributed by atoms with van der Waals surface area (Å²) in [5.41, 5.74) is 4.87. The number of amides is 3. The number of carbonyl (C=O) groups excluding carboxylic acids is 4. The Hall–Kier alpha value is -3.12. The van der Waals surface area contributed by atoms with E-state index in [0.29, 0.717) is 17.4 Å². The molecule has 1 saturated heterocycles. The third-order valence-corrected chi connectivity index (χ3v) is 8.74. The van der Waals surface area contributed by atoms with Crippen LogP contribution in [0.15, 0.2) is 24.3 Å². The predicted molar refractivity (Wildman–Crippen MR) is 146 cm³/mol. The van der Waals surface area contributed by atoms with Gasteiger partial charge in [0, 0.05) is 0 Å². The average Bonchev–Trinajstić information content (AvgIpc) is 3.23. The molecule has 5 unspecified atom stereocenters. The highest BCUT2D eigenvalue weighted by molar-refractivity contribution is 6.48. The topological polar surface area (TPSA) is 155 Å². The molecule has 1 aromatic carbocycles. The van der Waals surface area contributed by atoms with Crippen LogP contribution < -0.4 is 16.4 Å². The standard InChI is InChI=1S/C28H40BN3O8/c1-26(2,3)24(35)38-15-37-23(34)18-10-8-7-9-16(18)11-21(32-22(33)14-31-25(30)36)29-39-20-13-17-12-19(27(17,4)5)28(20,6)40-29/h7-10,17,19-21H,11-15H2,1-6H3,(H,32,33)(H3,30,31,36). The van der Waals surface area contributed by atoms with E-state index >= 15 is 0 Å². The molecule has 2 bridgehead atoms. The summed E-state index contributed by atoms with van der Waals surface area (Å²) in [7, 11) is -0.778. The third kappa shape index (κ3) is 5.97. The van der Waals surface area contributed by atoms with Gasteiger partial charge in [-0.2, -0.15) is 0 Å². The van der Waals surface area contributed by atoms with E-state index in [9.17, 15) is 19.2 Å². The van der Waals surface area contributed by atoms with Gasteiger partial charge in [0.1, 0.15) is 0 Å². The van der Waals surface area contributed by atoms with Gasteiger partial charge in [-0.15, -0.1) is 0 Å². The van der Waals surface area contributed by atoms with Gasteiger partial charge >= 0.3 is 25.1 Å². The van der Waals surface area contributed by atoms with Crippen LogP contribution in [0, 0.1) is 22.7 Å². The second kappa shape index (κ2) is 11.0. The van der Waals surface area contributed by atoms with E-state index in [1.807, 2.05) is 0 Å². The smallest absolute Gasteiger partial charge is 0.427 e. The summed E-state index contributed by atoms with van der Waals surface area (Å²) < 4.78 is 23.3. The lowest BCUT2D eigenvalue weighted by Gasteiger charge is -2.64. The van der Waals surface area contributed by atoms with Gasteiger partial charge in [0.25, 0.3) is 0 Å². The van der Waals surface area contributed by atoms with Crippen LogP contribution in [0.4, 0.5) is 4.79 Å². The lowest BCUT2D eigenvalue weighted by Crippen LogP contribution is -2.65. The Morgan fingerprint density at radius 2 is 1.82 bits per heavy atom. The maximum Gasteiger partial charge on any atom is 0.482 e. The lowest BCUT2D eigenvalue weighted by atomic mass is 9.43. The van der Waals surface area contributed by atoms with Crippen molar-refractivity contribution < 1.29 is 38.0 Å². The largest absolute Gasteiger partial charge is 0.482 e. The molecular weight excluding hydrogens is 517 g/mol. The molecule has 40 heavy (non-hydrogen) atoms. The maximum atomic E-state index is 13.0. The van der Waals surface area contributed by atoms with E-state index in [1.165, 1.54) is 0 Å². The number of nitrogens with one attached hydrogen (secondary N) is 2. The number of ether oxygens (including phenoxy) is 2. The van der Waals surface area contributed by atoms with Crippen LogP contribution in [0.1, 0.15) is 70.3 Å². The summed E-state index contributed by atoms with van der Waals surface area (Å²) in [4.78, 5) is 48.9. The molecule has 3 aliphatic carbocycles. The quantitative estimate of drug-likeness (QED) is 0.238. The van der Waals surface area contributed by atoms with Crippen molar-refractivity contribution in [1.29, 1.82) is 0 Å². The van der Waals surface area contributed by atoms with Gasteiger partial charge in [-0.25, -0.2) is 9.59 Å². The minimum atomic E-state index is -0.819. The molecule has 3 saturated carbocycles. The molecule has 0 aromatic heterocycles. The Bertz CT molecular complexity index is 1170. The number of carbonyl (C=O) groups is 4. The van der Waals surface area contributed by atoms with Crippen LogP contribution >= 0.6 is 0 Å². The first kappa shape index (κ1) is 29.9. The van der Waals surface area contributed by atoms with Crippen molar-refractivity contribution in [2.24, 2.45) is 28.4 Å². The molecular formula is C28H40BN3O8. The molecule has 5 atom stereocenters. The second-order valence-corrected chi connectivity index (χ2v) is 12.8. The number of nitrogens with two attached hydrogens (primary N) is 1. The van der Waals surface area contributed by atoms with Gasteiger partial charge in [-0.3, -0.25) is 9.59 Å². The molecule has 1 aromatic rings. The lowest BCUT2D eigenvalue weighted by molar-refractivity contribution is -0.199. The van der Waals surface area contributed by atoms with E-state index in [1.54, 1.807) is 45.0 Å². The zero-order chi connectivity index (χ0) is 29.5. The zero-order valence-corrected chi connectivity index (χ0v) is 24.1. The Morgan fingerprint density at radius 3 is 2.48 bits per heavy atom. The summed E-state index contributed by atoms with van der Waals surface area (Å²) in [6.45, 7) is 10.9. The summed E-state index contributed by atoms with van der Waals surface area (Å²) in [5.74, 6) is -1.46. The summed E-state index contributed by atoms with van der Waals surface area (Å²) in [6, 6.07) is 6.00. The van der Waals surface area contributed by atoms with E-state index in [-0.39, 0.29) is 30.0 Å². The first-order chi connectivity index (χ1) is 18.6. The van der Waals surface area contributed by atoms with Crippen molar-refractivity contribution >= 4 is 31.0 Å². The van der Waals surface area contributed by atoms with Crippen LogP contribution in [-0.2, 0) is 34.8 Å². The van der Waals surface area contributed by atoms with Crippen LogP contribution in [-0.4, -0.2) is 62.0 Å². The van der Waals surface area contributed by atoms with Crippen LogP contribution in [0.5, 0.6) is 0 Å². The third-order valence-electron chi connectivity index (χ3n) is 8.74. The summed E-state index contributed by atoms with van der Waals surface area (Å²) >= 11 is 0. The number of hydrogen-bond acceptors (Lipinski definition) is 8. The van der Waals surface area contributed by atoms with Crippen LogP contribution in [0.25, 0.3) is 0 Å². The fourth-order valence-corrected chi connectivity index (χ4v) is 6.28. The minimum Gasteiger partial charge on any atom is -0.427 e. The predicted octanol–water partition coefficient (Wildman–Crippen LogP) is 2.35. The molecule has 5 rings (SSSR count). The molecule has 0 spiro atoms. The van der Waals surface area contributed by atoms with E-state index in [0.717, 1.165) is 12.8 Å². The highest BCUT2D eigenvalue weighted by atomic mass is 16.7. The number of rotatable bonds is 9. The molecule has 4 aliphatic rings. The van der Waals surface area contributed by atoms with Gasteiger partial charge in [0.15, 0.2) is 0 Å². The van der Waals surface area contributed by atoms with Gasteiger partial charge in [0.2, 0.25) is 12.7 Å². The summed E-state index contributed by atoms with van der Waals surface area (Å²) in [5, 5.41) is 5.19. The van der Waals surface area contributed by atoms with Crippen molar-refractivity contribution in [1.82, 2.24) is 10.6 Å². The Kier molecular flexibility index (Phi) is 8.24. The highest BCUT2D eigenvalue weighted by Gasteiger charge is 2.68. The van der Waals surface area contributed by atoms with E-state index in [4.69, 9.17) is 24.5 Å². The van der Waals surface area contributed by atoms with Gasteiger partial charge in [0.05, 0.1) is 35.2 Å². The number of esters is 2. The van der Waals surface area contributed by atoms with Crippen molar-refractivity contribution in [3.8, 4) is 0 Å². The highest BCUT2D eigenvalue weighted by Crippen LogP contribution is 2.65. The fourth-order valence-electron chi connectivity index (χ4n) is 6.28. The van der Waals surface area contributed by atoms with Gasteiger partial charge in [-0.05, 0) is 75.8 Å². The SMILES string of the molecule is CC(C)(C)C(=O)OCOC(=O)c1ccccc1CC(NC(=O)CNC(N)=O)B1OC2CC3CC(C3(C)C)C2(C)O1. The van der Waals surface area contributed by atoms with Crippen molar-refractivity contribution in [2.75, 3.05) is 13.3 Å². The molecule has 3 amide bonds. The number of urea groups is 1. The molecule has 0 radical (unpaired) electrons. The molecule has 1 aliphatic heterocycles. The fraction of sp³-hybridized carbons (Fsp3) is 0.643. The number of benzene rings is 1. The minimum absolute atomic E-state index is 0.116. The first-order valence-corrected chi connectivity index (χ1v) is 13.7. The Balaban J connectivity index is 1.51. The Labute approximate surface area is 235 Å². The maximum absolute atomic E-state index is 13.0. The van der Waals surface area contributed by atoms with Crippen LogP contribution in [0.3, 0.4) is 0 Å². The molecule has 12 heteroatoms. The van der Waals surface area contributed by atoms with Crippen molar-refractivity contribution in [3.05, 3.63) is 35.4 Å². The molecule has 11 nitrogen and oxygen atoms in total. The summed E-state index contributed by atoms with van der Waals surface area (Å²) in [6.07, 6.45) is 2.01. The molecule has 218 valence electrons. The number of hydrogen-bond donors (Lipinski definition) is 3. The van der Waals surface area contributed by atoms with E-state index < -0.39 is 54.7 Å². The zero-order valence-electron chi connectivity index (χ0n) is 24.1. The molecule has 4 fully saturated rings.